The SMILES string of the molecule is Cc1nc2n(n1)CCC[C@H]2N[C@H]1CCCc2sccc21. The molecular weight excluding hydrogens is 268 g/mol. The Kier molecular flexibility index (Phi) is 3.11. The predicted molar refractivity (Wildman–Crippen MR) is 79.9 cm³/mol. The molecule has 106 valence electrons. The smallest absolute Gasteiger partial charge is 0.147 e. The van der Waals surface area contributed by atoms with Crippen LogP contribution < -0.4 is 5.32 Å². The Hall–Kier alpha value is -1.20. The summed E-state index contributed by atoms with van der Waals surface area (Å²) in [7, 11) is 0. The number of thiophene rings is 1. The lowest BCUT2D eigenvalue weighted by atomic mass is 9.92. The van der Waals surface area contributed by atoms with Crippen LogP contribution in [-0.4, -0.2) is 14.8 Å². The molecular formula is C15H20N4S. The lowest BCUT2D eigenvalue weighted by Gasteiger charge is -2.30. The van der Waals surface area contributed by atoms with Gasteiger partial charge in [0.1, 0.15) is 11.6 Å². The maximum absolute atomic E-state index is 4.63. The van der Waals surface area contributed by atoms with Crippen LogP contribution in [0.1, 0.15) is 59.9 Å². The maximum Gasteiger partial charge on any atom is 0.147 e. The number of aromatic nitrogens is 3. The summed E-state index contributed by atoms with van der Waals surface area (Å²) in [6, 6.07) is 3.16. The molecule has 4 rings (SSSR count). The third kappa shape index (κ3) is 2.09. The van der Waals surface area contributed by atoms with Crippen LogP contribution in [0.25, 0.3) is 0 Å². The minimum Gasteiger partial charge on any atom is -0.300 e. The Morgan fingerprint density at radius 1 is 1.30 bits per heavy atom. The Morgan fingerprint density at radius 3 is 3.15 bits per heavy atom. The van der Waals surface area contributed by atoms with Gasteiger partial charge in [-0.25, -0.2) is 9.67 Å². The van der Waals surface area contributed by atoms with Gasteiger partial charge in [-0.15, -0.1) is 11.3 Å². The Morgan fingerprint density at radius 2 is 2.20 bits per heavy atom. The number of rotatable bonds is 2. The largest absolute Gasteiger partial charge is 0.300 e. The van der Waals surface area contributed by atoms with E-state index in [9.17, 15) is 0 Å². The molecule has 20 heavy (non-hydrogen) atoms. The van der Waals surface area contributed by atoms with E-state index < -0.39 is 0 Å². The molecule has 0 radical (unpaired) electrons. The van der Waals surface area contributed by atoms with Crippen LogP contribution in [0.2, 0.25) is 0 Å². The van der Waals surface area contributed by atoms with Crippen molar-refractivity contribution in [2.75, 3.05) is 0 Å². The molecule has 0 amide bonds. The van der Waals surface area contributed by atoms with Gasteiger partial charge in [0.2, 0.25) is 0 Å². The molecule has 0 saturated heterocycles. The summed E-state index contributed by atoms with van der Waals surface area (Å²) in [4.78, 5) is 6.21. The first-order valence-electron chi connectivity index (χ1n) is 7.55. The highest BCUT2D eigenvalue weighted by Crippen LogP contribution is 2.36. The van der Waals surface area contributed by atoms with Crippen molar-refractivity contribution >= 4 is 11.3 Å². The molecule has 0 unspecified atom stereocenters. The second-order valence-electron chi connectivity index (χ2n) is 5.85. The highest BCUT2D eigenvalue weighted by atomic mass is 32.1. The highest BCUT2D eigenvalue weighted by Gasteiger charge is 2.28. The molecule has 2 aliphatic rings. The summed E-state index contributed by atoms with van der Waals surface area (Å²) in [6.07, 6.45) is 6.16. The fraction of sp³-hybridized carbons (Fsp3) is 0.600. The molecule has 2 atom stereocenters. The third-order valence-electron chi connectivity index (χ3n) is 4.43. The van der Waals surface area contributed by atoms with Crippen molar-refractivity contribution in [3.05, 3.63) is 33.5 Å². The summed E-state index contributed by atoms with van der Waals surface area (Å²) in [5, 5.41) is 10.6. The van der Waals surface area contributed by atoms with Gasteiger partial charge in [0.25, 0.3) is 0 Å². The normalized spacial score (nSPS) is 25.2. The Balaban J connectivity index is 1.59. The number of aryl methyl sites for hydroxylation is 3. The number of nitrogens with one attached hydrogen (secondary N) is 1. The maximum atomic E-state index is 4.63. The van der Waals surface area contributed by atoms with E-state index in [0.717, 1.165) is 18.2 Å². The summed E-state index contributed by atoms with van der Waals surface area (Å²) in [6.45, 7) is 3.00. The fourth-order valence-corrected chi connectivity index (χ4v) is 4.52. The molecule has 1 N–H and O–H groups in total. The zero-order chi connectivity index (χ0) is 13.5. The lowest BCUT2D eigenvalue weighted by Crippen LogP contribution is -2.33. The molecule has 5 heteroatoms. The van der Waals surface area contributed by atoms with Crippen molar-refractivity contribution in [2.45, 2.75) is 57.7 Å². The molecule has 3 heterocycles. The van der Waals surface area contributed by atoms with E-state index in [2.05, 4.69) is 31.5 Å². The van der Waals surface area contributed by atoms with Crippen LogP contribution in [0.4, 0.5) is 0 Å². The van der Waals surface area contributed by atoms with Crippen LogP contribution in [0.3, 0.4) is 0 Å². The molecule has 2 aromatic rings. The lowest BCUT2D eigenvalue weighted by molar-refractivity contribution is 0.321. The van der Waals surface area contributed by atoms with E-state index in [-0.39, 0.29) is 0 Å². The van der Waals surface area contributed by atoms with Gasteiger partial charge in [-0.3, -0.25) is 0 Å². The predicted octanol–water partition coefficient (Wildman–Crippen LogP) is 3.15. The van der Waals surface area contributed by atoms with Gasteiger partial charge in [-0.1, -0.05) is 0 Å². The molecule has 4 nitrogen and oxygen atoms in total. The van der Waals surface area contributed by atoms with Crippen molar-refractivity contribution in [2.24, 2.45) is 0 Å². The molecule has 2 aromatic heterocycles. The van der Waals surface area contributed by atoms with Crippen molar-refractivity contribution in [3.8, 4) is 0 Å². The Bertz CT molecular complexity index is 615. The zero-order valence-electron chi connectivity index (χ0n) is 11.8. The van der Waals surface area contributed by atoms with E-state index in [0.29, 0.717) is 12.1 Å². The van der Waals surface area contributed by atoms with Gasteiger partial charge in [0, 0.05) is 17.5 Å². The Labute approximate surface area is 123 Å². The van der Waals surface area contributed by atoms with Crippen LogP contribution in [-0.2, 0) is 13.0 Å². The van der Waals surface area contributed by atoms with Gasteiger partial charge in [-0.2, -0.15) is 5.10 Å². The first-order chi connectivity index (χ1) is 9.81. The van der Waals surface area contributed by atoms with Crippen molar-refractivity contribution in [3.63, 3.8) is 0 Å². The minimum atomic E-state index is 0.362. The monoisotopic (exact) mass is 288 g/mol. The first kappa shape index (κ1) is 12.5. The van der Waals surface area contributed by atoms with Crippen LogP contribution in [0.15, 0.2) is 11.4 Å². The van der Waals surface area contributed by atoms with E-state index in [4.69, 9.17) is 0 Å². The molecule has 0 aromatic carbocycles. The summed E-state index contributed by atoms with van der Waals surface area (Å²) < 4.78 is 2.09. The first-order valence-corrected chi connectivity index (χ1v) is 8.43. The minimum absolute atomic E-state index is 0.362. The van der Waals surface area contributed by atoms with Gasteiger partial charge in [0.15, 0.2) is 0 Å². The number of hydrogen-bond donors (Lipinski definition) is 1. The van der Waals surface area contributed by atoms with Gasteiger partial charge in [0.05, 0.1) is 6.04 Å². The third-order valence-corrected chi connectivity index (χ3v) is 5.43. The van der Waals surface area contributed by atoms with Crippen molar-refractivity contribution in [1.29, 1.82) is 0 Å². The van der Waals surface area contributed by atoms with Gasteiger partial charge in [-0.05, 0) is 56.0 Å². The second kappa shape index (κ2) is 4.97. The van der Waals surface area contributed by atoms with E-state index in [1.165, 1.54) is 37.7 Å². The van der Waals surface area contributed by atoms with Crippen LogP contribution in [0.5, 0.6) is 0 Å². The summed E-state index contributed by atoms with van der Waals surface area (Å²) >= 11 is 1.91. The zero-order valence-corrected chi connectivity index (χ0v) is 12.6. The quantitative estimate of drug-likeness (QED) is 0.923. The summed E-state index contributed by atoms with van der Waals surface area (Å²) in [5.41, 5.74) is 1.52. The topological polar surface area (TPSA) is 42.7 Å². The average Bonchev–Trinajstić information content (AvgIpc) is 3.05. The van der Waals surface area contributed by atoms with Crippen LogP contribution >= 0.6 is 11.3 Å². The molecule has 0 saturated carbocycles. The number of hydrogen-bond acceptors (Lipinski definition) is 4. The van der Waals surface area contributed by atoms with Gasteiger partial charge >= 0.3 is 0 Å². The van der Waals surface area contributed by atoms with E-state index in [1.807, 2.05) is 18.3 Å². The van der Waals surface area contributed by atoms with E-state index >= 15 is 0 Å². The van der Waals surface area contributed by atoms with Crippen molar-refractivity contribution in [1.82, 2.24) is 20.1 Å². The highest BCUT2D eigenvalue weighted by molar-refractivity contribution is 7.10. The van der Waals surface area contributed by atoms with Crippen LogP contribution in [0, 0.1) is 6.92 Å². The average molecular weight is 288 g/mol. The molecule has 0 fully saturated rings. The second-order valence-corrected chi connectivity index (χ2v) is 6.85. The van der Waals surface area contributed by atoms with Crippen molar-refractivity contribution < 1.29 is 0 Å². The molecule has 0 spiro atoms. The molecule has 1 aliphatic carbocycles. The number of fused-ring (bicyclic) bond motifs is 2. The molecule has 0 bridgehead atoms. The molecule has 1 aliphatic heterocycles. The fourth-order valence-electron chi connectivity index (χ4n) is 3.53. The number of nitrogens with zero attached hydrogens (tertiary/aromatic N) is 3. The summed E-state index contributed by atoms with van der Waals surface area (Å²) in [5.74, 6) is 2.03. The van der Waals surface area contributed by atoms with Gasteiger partial charge < -0.3 is 5.32 Å². The standard InChI is InChI=1S/C15H20N4S/c1-10-16-15-13(5-3-8-19(15)18-10)17-12-4-2-6-14-11(12)7-9-20-14/h7,9,12-13,17H,2-6,8H2,1H3/t12-,13+/m0/s1. The van der Waals surface area contributed by atoms with E-state index in [1.54, 1.807) is 4.88 Å².